The molecule has 2 aromatic heterocycles. The summed E-state index contributed by atoms with van der Waals surface area (Å²) in [5, 5.41) is 10.9. The monoisotopic (exact) mass is 558 g/mol. The summed E-state index contributed by atoms with van der Waals surface area (Å²) in [5.74, 6) is 0. The Labute approximate surface area is 254 Å². The minimum atomic E-state index is 0.961. The van der Waals surface area contributed by atoms with Crippen molar-refractivity contribution in [2.75, 3.05) is 0 Å². The maximum atomic E-state index is 5.41. The lowest BCUT2D eigenvalue weighted by molar-refractivity contribution is 1.33. The Bertz CT molecular complexity index is 2430. The number of pyridine rings is 2. The van der Waals surface area contributed by atoms with Gasteiger partial charge in [-0.2, -0.15) is 0 Å². The van der Waals surface area contributed by atoms with Crippen LogP contribution in [0.3, 0.4) is 0 Å². The number of hydrogen-bond acceptors (Lipinski definition) is 2. The predicted molar refractivity (Wildman–Crippen MR) is 186 cm³/mol. The molecule has 0 spiro atoms. The molecule has 0 bridgehead atoms. The molecule has 0 saturated carbocycles. The van der Waals surface area contributed by atoms with E-state index in [4.69, 9.17) is 4.98 Å². The second-order valence-corrected chi connectivity index (χ2v) is 11.5. The molecule has 0 aliphatic rings. The summed E-state index contributed by atoms with van der Waals surface area (Å²) < 4.78 is 0. The topological polar surface area (TPSA) is 25.8 Å². The number of rotatable bonds is 3. The summed E-state index contributed by atoms with van der Waals surface area (Å²) in [7, 11) is 0. The molecule has 7 aromatic carbocycles. The lowest BCUT2D eigenvalue weighted by Crippen LogP contribution is -1.93. The van der Waals surface area contributed by atoms with E-state index in [1.54, 1.807) is 0 Å². The summed E-state index contributed by atoms with van der Waals surface area (Å²) in [4.78, 5) is 9.96. The highest BCUT2D eigenvalue weighted by Crippen LogP contribution is 2.38. The molecular formula is C42H26N2. The summed E-state index contributed by atoms with van der Waals surface area (Å²) in [6, 6.07) is 54.5. The molecule has 2 nitrogen and oxygen atoms in total. The van der Waals surface area contributed by atoms with Crippen LogP contribution in [0.1, 0.15) is 0 Å². The molecule has 2 heteroatoms. The van der Waals surface area contributed by atoms with Gasteiger partial charge in [0.1, 0.15) is 0 Å². The van der Waals surface area contributed by atoms with E-state index in [9.17, 15) is 0 Å². The van der Waals surface area contributed by atoms with E-state index in [0.717, 1.165) is 44.5 Å². The number of aromatic nitrogens is 2. The molecule has 0 fully saturated rings. The van der Waals surface area contributed by atoms with Crippen LogP contribution in [0, 0.1) is 0 Å². The fourth-order valence-electron chi connectivity index (χ4n) is 6.61. The van der Waals surface area contributed by atoms with E-state index in [2.05, 4.69) is 151 Å². The van der Waals surface area contributed by atoms with E-state index in [1.807, 2.05) is 12.3 Å². The van der Waals surface area contributed by atoms with Gasteiger partial charge >= 0.3 is 0 Å². The van der Waals surface area contributed by atoms with Crippen molar-refractivity contribution in [3.8, 4) is 33.6 Å². The van der Waals surface area contributed by atoms with Gasteiger partial charge in [0.05, 0.1) is 16.9 Å². The van der Waals surface area contributed by atoms with Crippen molar-refractivity contribution in [2.24, 2.45) is 0 Å². The molecular weight excluding hydrogens is 532 g/mol. The largest absolute Gasteiger partial charge is 0.256 e. The van der Waals surface area contributed by atoms with E-state index in [0.29, 0.717) is 0 Å². The Morgan fingerprint density at radius 2 is 0.864 bits per heavy atom. The molecule has 0 amide bonds. The molecule has 0 unspecified atom stereocenters. The van der Waals surface area contributed by atoms with Crippen molar-refractivity contribution in [3.05, 3.63) is 158 Å². The number of nitrogens with zero attached hydrogens (tertiary/aromatic N) is 2. The number of benzene rings is 7. The van der Waals surface area contributed by atoms with Crippen molar-refractivity contribution >= 4 is 54.0 Å². The molecule has 0 aliphatic heterocycles. The van der Waals surface area contributed by atoms with Gasteiger partial charge in [0, 0.05) is 22.7 Å². The Morgan fingerprint density at radius 1 is 0.341 bits per heavy atom. The van der Waals surface area contributed by atoms with Gasteiger partial charge in [0.25, 0.3) is 0 Å². The zero-order valence-corrected chi connectivity index (χ0v) is 23.9. The van der Waals surface area contributed by atoms with E-state index >= 15 is 0 Å². The first kappa shape index (κ1) is 24.7. The van der Waals surface area contributed by atoms with Crippen LogP contribution in [0.4, 0.5) is 0 Å². The van der Waals surface area contributed by atoms with Gasteiger partial charge in [0.15, 0.2) is 0 Å². The fourth-order valence-corrected chi connectivity index (χ4v) is 6.61. The molecule has 9 rings (SSSR count). The number of fused-ring (bicyclic) bond motifs is 5. The van der Waals surface area contributed by atoms with Crippen molar-refractivity contribution in [3.63, 3.8) is 0 Å². The minimum Gasteiger partial charge on any atom is -0.256 e. The second-order valence-electron chi connectivity index (χ2n) is 11.5. The molecule has 0 N–H and O–H groups in total. The Morgan fingerprint density at radius 3 is 1.45 bits per heavy atom. The van der Waals surface area contributed by atoms with Gasteiger partial charge in [-0.15, -0.1) is 0 Å². The van der Waals surface area contributed by atoms with E-state index in [-0.39, 0.29) is 0 Å². The highest BCUT2D eigenvalue weighted by atomic mass is 14.7. The SMILES string of the molecule is c1ccc2cc3c(-c4cc(-c5ccc6ncccc6c5)cc(-c5cccc6cc7ccccc7cc56)n4)cccc3cc2c1. The highest BCUT2D eigenvalue weighted by Gasteiger charge is 2.14. The first-order valence-electron chi connectivity index (χ1n) is 15.0. The van der Waals surface area contributed by atoms with Crippen LogP contribution in [0.2, 0.25) is 0 Å². The molecule has 0 saturated heterocycles. The second kappa shape index (κ2) is 9.86. The van der Waals surface area contributed by atoms with Crippen LogP contribution in [-0.4, -0.2) is 9.97 Å². The third-order valence-electron chi connectivity index (χ3n) is 8.81. The lowest BCUT2D eigenvalue weighted by Gasteiger charge is -2.14. The van der Waals surface area contributed by atoms with Gasteiger partial charge in [-0.1, -0.05) is 97.1 Å². The summed E-state index contributed by atoms with van der Waals surface area (Å²) >= 11 is 0. The van der Waals surface area contributed by atoms with Crippen LogP contribution in [0.25, 0.3) is 87.6 Å². The average Bonchev–Trinajstić information content (AvgIpc) is 3.09. The lowest BCUT2D eigenvalue weighted by atomic mass is 9.93. The molecule has 44 heavy (non-hydrogen) atoms. The zero-order chi connectivity index (χ0) is 29.0. The summed E-state index contributed by atoms with van der Waals surface area (Å²) in [5.41, 5.74) is 7.45. The van der Waals surface area contributed by atoms with Gasteiger partial charge in [0.2, 0.25) is 0 Å². The Kier molecular flexibility index (Phi) is 5.54. The third kappa shape index (κ3) is 4.11. The maximum Gasteiger partial charge on any atom is 0.0721 e. The third-order valence-corrected chi connectivity index (χ3v) is 8.81. The minimum absolute atomic E-state index is 0.961. The van der Waals surface area contributed by atoms with Crippen LogP contribution >= 0.6 is 0 Å². The Hall–Kier alpha value is -5.86. The maximum absolute atomic E-state index is 5.41. The highest BCUT2D eigenvalue weighted by molar-refractivity contribution is 6.07. The van der Waals surface area contributed by atoms with Crippen molar-refractivity contribution in [2.45, 2.75) is 0 Å². The molecule has 0 aliphatic carbocycles. The van der Waals surface area contributed by atoms with Crippen LogP contribution in [0.5, 0.6) is 0 Å². The van der Waals surface area contributed by atoms with Gasteiger partial charge in [-0.05, 0) is 109 Å². The fraction of sp³-hybridized carbons (Fsp3) is 0. The summed E-state index contributed by atoms with van der Waals surface area (Å²) in [6.45, 7) is 0. The first-order chi connectivity index (χ1) is 21.8. The van der Waals surface area contributed by atoms with Crippen LogP contribution in [0.15, 0.2) is 158 Å². The smallest absolute Gasteiger partial charge is 0.0721 e. The summed E-state index contributed by atoms with van der Waals surface area (Å²) in [6.07, 6.45) is 1.85. The van der Waals surface area contributed by atoms with Crippen molar-refractivity contribution in [1.29, 1.82) is 0 Å². The van der Waals surface area contributed by atoms with Gasteiger partial charge < -0.3 is 0 Å². The molecule has 0 atom stereocenters. The predicted octanol–water partition coefficient (Wildman–Crippen LogP) is 11.2. The molecule has 204 valence electrons. The van der Waals surface area contributed by atoms with Crippen molar-refractivity contribution in [1.82, 2.24) is 9.97 Å². The first-order valence-corrected chi connectivity index (χ1v) is 15.0. The Balaban J connectivity index is 1.33. The van der Waals surface area contributed by atoms with Crippen LogP contribution < -0.4 is 0 Å². The van der Waals surface area contributed by atoms with Gasteiger partial charge in [-0.25, -0.2) is 4.98 Å². The van der Waals surface area contributed by atoms with Crippen LogP contribution in [-0.2, 0) is 0 Å². The quantitative estimate of drug-likeness (QED) is 0.202. The standard InChI is InChI=1S/C42H26N2/c1-3-10-29-23-38-32(20-27(29)8-1)12-5-15-36(38)41-25-35(31-17-18-40-34(22-31)14-7-19-43-40)26-42(44-41)37-16-6-13-33-21-28-9-2-4-11-30(28)24-39(33)37/h1-26H. The molecule has 9 aromatic rings. The molecule has 2 heterocycles. The van der Waals surface area contributed by atoms with Gasteiger partial charge in [-0.3, -0.25) is 4.98 Å². The zero-order valence-electron chi connectivity index (χ0n) is 23.9. The normalized spacial score (nSPS) is 11.6. The number of hydrogen-bond donors (Lipinski definition) is 0. The van der Waals surface area contributed by atoms with E-state index < -0.39 is 0 Å². The van der Waals surface area contributed by atoms with E-state index in [1.165, 1.54) is 43.1 Å². The molecule has 0 radical (unpaired) electrons. The van der Waals surface area contributed by atoms with Crippen molar-refractivity contribution < 1.29 is 0 Å². The average molecular weight is 559 g/mol.